The molecule has 0 aromatic heterocycles. The van der Waals surface area contributed by atoms with Gasteiger partial charge in [-0.1, -0.05) is 0 Å². The molecule has 1 rings (SSSR count). The van der Waals surface area contributed by atoms with Crippen LogP contribution in [0.1, 0.15) is 6.92 Å². The third-order valence-corrected chi connectivity index (χ3v) is 1.56. The molecule has 0 aliphatic carbocycles. The molecule has 0 saturated heterocycles. The van der Waals surface area contributed by atoms with Gasteiger partial charge in [-0.2, -0.15) is 13.2 Å². The Kier molecular flexibility index (Phi) is 2.93. The number of rotatable bonds is 2. The normalized spacial score (nSPS) is 16.3. The summed E-state index contributed by atoms with van der Waals surface area (Å²) < 4.78 is 40.7. The first-order valence-corrected chi connectivity index (χ1v) is 3.94. The van der Waals surface area contributed by atoms with Crippen LogP contribution in [0.3, 0.4) is 0 Å². The minimum Gasteiger partial charge on any atom is -0.463 e. The van der Waals surface area contributed by atoms with E-state index in [0.29, 0.717) is 0 Å². The number of halogens is 3. The van der Waals surface area contributed by atoms with Gasteiger partial charge in [-0.3, -0.25) is 4.99 Å². The molecule has 1 heterocycles. The van der Waals surface area contributed by atoms with Crippen LogP contribution in [0.15, 0.2) is 16.6 Å². The molecular formula is C8H8F3NO2. The first-order valence-electron chi connectivity index (χ1n) is 3.94. The molecule has 0 aromatic carbocycles. The molecule has 0 amide bonds. The molecule has 0 radical (unpaired) electrons. The third-order valence-electron chi connectivity index (χ3n) is 1.56. The Morgan fingerprint density at radius 3 is 2.71 bits per heavy atom. The Hall–Kier alpha value is -1.33. The Bertz CT molecular complexity index is 304. The molecular weight excluding hydrogens is 199 g/mol. The summed E-state index contributed by atoms with van der Waals surface area (Å²) in [7, 11) is 0. The van der Waals surface area contributed by atoms with Crippen LogP contribution in [0, 0.1) is 0 Å². The predicted octanol–water partition coefficient (Wildman–Crippen LogP) is 1.49. The predicted molar refractivity (Wildman–Crippen MR) is 43.1 cm³/mol. The van der Waals surface area contributed by atoms with Crippen LogP contribution in [-0.2, 0) is 9.53 Å². The number of aliphatic imine (C=N–C) groups is 1. The maximum absolute atomic E-state index is 12.1. The fourth-order valence-corrected chi connectivity index (χ4v) is 0.945. The molecule has 0 bridgehead atoms. The topological polar surface area (TPSA) is 38.7 Å². The van der Waals surface area contributed by atoms with Gasteiger partial charge in [0.15, 0.2) is 0 Å². The summed E-state index contributed by atoms with van der Waals surface area (Å²) in [6, 6.07) is 0. The van der Waals surface area contributed by atoms with Crippen molar-refractivity contribution in [3.8, 4) is 0 Å². The number of nitrogens with zero attached hydrogens (tertiary/aromatic N) is 1. The number of esters is 1. The van der Waals surface area contributed by atoms with E-state index in [9.17, 15) is 18.0 Å². The van der Waals surface area contributed by atoms with Crippen LogP contribution in [-0.4, -0.2) is 31.0 Å². The highest BCUT2D eigenvalue weighted by Gasteiger charge is 2.37. The van der Waals surface area contributed by atoms with Gasteiger partial charge in [0.25, 0.3) is 0 Å². The van der Waals surface area contributed by atoms with Crippen molar-refractivity contribution >= 4 is 11.7 Å². The maximum Gasteiger partial charge on any atom is 0.432 e. The van der Waals surface area contributed by atoms with Crippen molar-refractivity contribution in [3.63, 3.8) is 0 Å². The van der Waals surface area contributed by atoms with E-state index in [2.05, 4.69) is 9.73 Å². The smallest absolute Gasteiger partial charge is 0.432 e. The van der Waals surface area contributed by atoms with Crippen LogP contribution in [0.4, 0.5) is 13.2 Å². The van der Waals surface area contributed by atoms with Gasteiger partial charge in [0.05, 0.1) is 18.7 Å². The molecule has 0 aromatic rings. The minimum absolute atomic E-state index is 0.0563. The van der Waals surface area contributed by atoms with E-state index in [1.165, 1.54) is 0 Å². The van der Waals surface area contributed by atoms with Crippen molar-refractivity contribution < 1.29 is 22.7 Å². The highest BCUT2D eigenvalue weighted by molar-refractivity contribution is 6.08. The number of hydrogen-bond acceptors (Lipinski definition) is 3. The summed E-state index contributed by atoms with van der Waals surface area (Å²) in [5, 5.41) is 0. The van der Waals surface area contributed by atoms with E-state index in [4.69, 9.17) is 0 Å². The minimum atomic E-state index is -4.49. The highest BCUT2D eigenvalue weighted by atomic mass is 19.4. The zero-order valence-electron chi connectivity index (χ0n) is 7.39. The van der Waals surface area contributed by atoms with Crippen molar-refractivity contribution in [1.82, 2.24) is 0 Å². The van der Waals surface area contributed by atoms with Crippen LogP contribution in [0.2, 0.25) is 0 Å². The summed E-state index contributed by atoms with van der Waals surface area (Å²) in [6.45, 7) is 1.46. The summed E-state index contributed by atoms with van der Waals surface area (Å²) in [4.78, 5) is 14.2. The van der Waals surface area contributed by atoms with Crippen LogP contribution >= 0.6 is 0 Å². The van der Waals surface area contributed by atoms with Crippen molar-refractivity contribution in [2.24, 2.45) is 4.99 Å². The summed E-state index contributed by atoms with van der Waals surface area (Å²) in [6.07, 6.45) is -3.77. The molecule has 0 atom stereocenters. The summed E-state index contributed by atoms with van der Waals surface area (Å²) in [5.74, 6) is -0.740. The molecule has 0 saturated carbocycles. The van der Waals surface area contributed by atoms with Gasteiger partial charge in [-0.15, -0.1) is 0 Å². The second-order valence-electron chi connectivity index (χ2n) is 2.59. The number of ether oxygens (including phenoxy) is 1. The van der Waals surface area contributed by atoms with Crippen molar-refractivity contribution in [2.45, 2.75) is 13.1 Å². The highest BCUT2D eigenvalue weighted by Crippen LogP contribution is 2.23. The average Bonchev–Trinajstić information content (AvgIpc) is 2.51. The molecule has 0 unspecified atom stereocenters. The van der Waals surface area contributed by atoms with Crippen molar-refractivity contribution in [2.75, 3.05) is 13.2 Å². The fourth-order valence-electron chi connectivity index (χ4n) is 0.945. The van der Waals surface area contributed by atoms with Crippen molar-refractivity contribution in [3.05, 3.63) is 11.6 Å². The lowest BCUT2D eigenvalue weighted by molar-refractivity contribution is -0.138. The molecule has 0 N–H and O–H groups in total. The van der Waals surface area contributed by atoms with E-state index >= 15 is 0 Å². The molecule has 3 nitrogen and oxygen atoms in total. The Balaban J connectivity index is 2.69. The molecule has 0 fully saturated rings. The van der Waals surface area contributed by atoms with Gasteiger partial charge < -0.3 is 4.74 Å². The van der Waals surface area contributed by atoms with E-state index in [-0.39, 0.29) is 18.7 Å². The maximum atomic E-state index is 12.1. The number of hydrogen-bond donors (Lipinski definition) is 0. The van der Waals surface area contributed by atoms with E-state index < -0.39 is 17.9 Å². The van der Waals surface area contributed by atoms with Gasteiger partial charge in [0.2, 0.25) is 0 Å². The number of carbonyl (C=O) groups excluding carboxylic acids is 1. The lowest BCUT2D eigenvalue weighted by Crippen LogP contribution is -2.19. The van der Waals surface area contributed by atoms with Crippen molar-refractivity contribution in [1.29, 1.82) is 0 Å². The van der Waals surface area contributed by atoms with Crippen LogP contribution < -0.4 is 0 Å². The van der Waals surface area contributed by atoms with Crippen LogP contribution in [0.5, 0.6) is 0 Å². The van der Waals surface area contributed by atoms with E-state index in [0.717, 1.165) is 6.08 Å². The third kappa shape index (κ3) is 2.34. The largest absolute Gasteiger partial charge is 0.463 e. The molecule has 0 spiro atoms. The first-order chi connectivity index (χ1) is 6.45. The summed E-state index contributed by atoms with van der Waals surface area (Å²) >= 11 is 0. The van der Waals surface area contributed by atoms with Gasteiger partial charge in [0.1, 0.15) is 5.71 Å². The second-order valence-corrected chi connectivity index (χ2v) is 2.59. The first kappa shape index (κ1) is 10.7. The number of carbonyl (C=O) groups is 1. The fraction of sp³-hybridized carbons (Fsp3) is 0.500. The van der Waals surface area contributed by atoms with E-state index in [1.807, 2.05) is 0 Å². The Morgan fingerprint density at radius 1 is 1.64 bits per heavy atom. The SMILES string of the molecule is CCOC(=O)C1=CC(C(F)(F)F)=NC1. The quantitative estimate of drug-likeness (QED) is 0.643. The monoisotopic (exact) mass is 207 g/mol. The standard InChI is InChI=1S/C8H8F3NO2/c1-2-14-7(13)5-3-6(12-4-5)8(9,10)11/h3H,2,4H2,1H3. The van der Waals surface area contributed by atoms with E-state index in [1.54, 1.807) is 6.92 Å². The molecule has 1 aliphatic rings. The second kappa shape index (κ2) is 3.81. The van der Waals surface area contributed by atoms with Gasteiger partial charge in [-0.25, -0.2) is 4.79 Å². The lowest BCUT2D eigenvalue weighted by Gasteiger charge is -2.01. The molecule has 6 heteroatoms. The van der Waals surface area contributed by atoms with Gasteiger partial charge >= 0.3 is 12.1 Å². The van der Waals surface area contributed by atoms with Gasteiger partial charge in [-0.05, 0) is 13.0 Å². The molecule has 14 heavy (non-hydrogen) atoms. The lowest BCUT2D eigenvalue weighted by atomic mass is 10.2. The zero-order chi connectivity index (χ0) is 10.8. The number of alkyl halides is 3. The summed E-state index contributed by atoms with van der Waals surface area (Å²) in [5.41, 5.74) is -1.08. The Labute approximate surface area is 78.3 Å². The van der Waals surface area contributed by atoms with Gasteiger partial charge in [0, 0.05) is 0 Å². The number of allylic oxidation sites excluding steroid dienone is 1. The molecule has 78 valence electrons. The van der Waals surface area contributed by atoms with Crippen LogP contribution in [0.25, 0.3) is 0 Å². The average molecular weight is 207 g/mol. The molecule has 1 aliphatic heterocycles. The zero-order valence-corrected chi connectivity index (χ0v) is 7.39. The Morgan fingerprint density at radius 2 is 2.29 bits per heavy atom.